The summed E-state index contributed by atoms with van der Waals surface area (Å²) in [4.78, 5) is 14.5. The van der Waals surface area contributed by atoms with E-state index in [0.29, 0.717) is 17.9 Å². The number of sulfonamides is 1. The normalized spacial score (nSPS) is 13.1. The van der Waals surface area contributed by atoms with Crippen molar-refractivity contribution in [3.05, 3.63) is 89.5 Å². The maximum Gasteiger partial charge on any atom is 0.241 e. The first kappa shape index (κ1) is 26.8. The highest BCUT2D eigenvalue weighted by Gasteiger charge is 2.27. The van der Waals surface area contributed by atoms with Gasteiger partial charge in [-0.05, 0) is 80.5 Å². The minimum absolute atomic E-state index is 0.0880. The van der Waals surface area contributed by atoms with E-state index in [0.717, 1.165) is 16.0 Å². The molecule has 0 saturated heterocycles. The average Bonchev–Trinajstić information content (AvgIpc) is 2.85. The molecule has 3 aromatic rings. The van der Waals surface area contributed by atoms with Crippen molar-refractivity contribution in [3.8, 4) is 5.75 Å². The molecule has 0 aliphatic rings. The van der Waals surface area contributed by atoms with Crippen LogP contribution in [-0.2, 0) is 21.2 Å². The lowest BCUT2D eigenvalue weighted by Gasteiger charge is -2.22. The molecular weight excluding hydrogens is 480 g/mol. The molecule has 1 amide bonds. The molecular formula is C27H32N2O4S2. The summed E-state index contributed by atoms with van der Waals surface area (Å²) in [7, 11) is -3.96. The number of aryl methyl sites for hydroxylation is 1. The maximum absolute atomic E-state index is 13.3. The first-order chi connectivity index (χ1) is 16.7. The minimum atomic E-state index is -3.96. The van der Waals surface area contributed by atoms with Crippen molar-refractivity contribution < 1.29 is 17.9 Å². The summed E-state index contributed by atoms with van der Waals surface area (Å²) in [5, 5.41) is 2.97. The molecule has 0 saturated carbocycles. The highest BCUT2D eigenvalue weighted by Crippen LogP contribution is 2.23. The van der Waals surface area contributed by atoms with Crippen LogP contribution in [0.2, 0.25) is 0 Å². The van der Waals surface area contributed by atoms with Gasteiger partial charge in [0.05, 0.1) is 17.5 Å². The van der Waals surface area contributed by atoms with Gasteiger partial charge in [0.25, 0.3) is 0 Å². The lowest BCUT2D eigenvalue weighted by atomic mass is 10.0. The number of carbonyl (C=O) groups excluding carboxylic acids is 1. The quantitative estimate of drug-likeness (QED) is 0.358. The number of ether oxygens (including phenoxy) is 1. The molecule has 8 heteroatoms. The van der Waals surface area contributed by atoms with Gasteiger partial charge in [-0.2, -0.15) is 4.72 Å². The van der Waals surface area contributed by atoms with E-state index in [2.05, 4.69) is 10.0 Å². The van der Waals surface area contributed by atoms with Crippen LogP contribution in [0.15, 0.2) is 82.6 Å². The van der Waals surface area contributed by atoms with Crippen LogP contribution in [0, 0.1) is 6.92 Å². The smallest absolute Gasteiger partial charge is 0.241 e. The monoisotopic (exact) mass is 512 g/mol. The van der Waals surface area contributed by atoms with Crippen molar-refractivity contribution in [3.63, 3.8) is 0 Å². The van der Waals surface area contributed by atoms with E-state index in [1.807, 2.05) is 74.7 Å². The highest BCUT2D eigenvalue weighted by molar-refractivity contribution is 7.98. The average molecular weight is 513 g/mol. The molecule has 3 aromatic carbocycles. The van der Waals surface area contributed by atoms with E-state index in [9.17, 15) is 13.2 Å². The molecule has 2 atom stereocenters. The van der Waals surface area contributed by atoms with Gasteiger partial charge in [-0.25, -0.2) is 8.42 Å². The second kappa shape index (κ2) is 12.2. The number of carbonyl (C=O) groups is 1. The molecule has 6 nitrogen and oxygen atoms in total. The fourth-order valence-electron chi connectivity index (χ4n) is 3.69. The topological polar surface area (TPSA) is 84.5 Å². The van der Waals surface area contributed by atoms with Crippen molar-refractivity contribution in [2.24, 2.45) is 0 Å². The second-order valence-corrected chi connectivity index (χ2v) is 10.8. The van der Waals surface area contributed by atoms with Crippen LogP contribution in [-0.4, -0.2) is 33.2 Å². The van der Waals surface area contributed by atoms with E-state index in [4.69, 9.17) is 4.74 Å². The first-order valence-electron chi connectivity index (χ1n) is 11.5. The van der Waals surface area contributed by atoms with Gasteiger partial charge in [0.15, 0.2) is 0 Å². The predicted molar refractivity (Wildman–Crippen MR) is 141 cm³/mol. The van der Waals surface area contributed by atoms with E-state index in [-0.39, 0.29) is 23.3 Å². The Morgan fingerprint density at radius 2 is 1.71 bits per heavy atom. The molecule has 0 heterocycles. The summed E-state index contributed by atoms with van der Waals surface area (Å²) in [6.45, 7) is 6.04. The van der Waals surface area contributed by atoms with Gasteiger partial charge in [0.2, 0.25) is 15.9 Å². The van der Waals surface area contributed by atoms with Crippen molar-refractivity contribution in [2.75, 3.05) is 12.9 Å². The van der Waals surface area contributed by atoms with Crippen molar-refractivity contribution >= 4 is 27.7 Å². The summed E-state index contributed by atoms with van der Waals surface area (Å²) >= 11 is 1.65. The van der Waals surface area contributed by atoms with Gasteiger partial charge in [0.1, 0.15) is 11.8 Å². The molecule has 0 aliphatic carbocycles. The van der Waals surface area contributed by atoms with Gasteiger partial charge < -0.3 is 10.1 Å². The summed E-state index contributed by atoms with van der Waals surface area (Å²) in [6, 6.07) is 20.7. The summed E-state index contributed by atoms with van der Waals surface area (Å²) in [5.41, 5.74) is 2.51. The van der Waals surface area contributed by atoms with Gasteiger partial charge in [-0.1, -0.05) is 42.5 Å². The Morgan fingerprint density at radius 3 is 2.31 bits per heavy atom. The van der Waals surface area contributed by atoms with Crippen molar-refractivity contribution in [2.45, 2.75) is 49.1 Å². The van der Waals surface area contributed by atoms with Gasteiger partial charge in [-0.15, -0.1) is 11.8 Å². The predicted octanol–water partition coefficient (Wildman–Crippen LogP) is 4.88. The number of nitrogens with one attached hydrogen (secondary N) is 2. The lowest BCUT2D eigenvalue weighted by Crippen LogP contribution is -2.48. The van der Waals surface area contributed by atoms with E-state index < -0.39 is 16.1 Å². The van der Waals surface area contributed by atoms with E-state index in [1.54, 1.807) is 30.8 Å². The zero-order valence-electron chi connectivity index (χ0n) is 20.4. The molecule has 186 valence electrons. The number of amides is 1. The van der Waals surface area contributed by atoms with E-state index in [1.165, 1.54) is 6.07 Å². The first-order valence-corrected chi connectivity index (χ1v) is 14.2. The molecule has 0 bridgehead atoms. The Labute approximate surface area is 212 Å². The van der Waals surface area contributed by atoms with Gasteiger partial charge in [0, 0.05) is 4.90 Å². The summed E-state index contributed by atoms with van der Waals surface area (Å²) in [5.74, 6) is 0.243. The van der Waals surface area contributed by atoms with Crippen molar-refractivity contribution in [1.82, 2.24) is 10.0 Å². The van der Waals surface area contributed by atoms with Gasteiger partial charge >= 0.3 is 0 Å². The molecule has 0 spiro atoms. The summed E-state index contributed by atoms with van der Waals surface area (Å²) in [6.07, 6.45) is 2.23. The molecule has 2 unspecified atom stereocenters. The Bertz CT molecular complexity index is 1230. The number of rotatable bonds is 11. The number of hydrogen-bond donors (Lipinski definition) is 2. The Balaban J connectivity index is 1.83. The molecule has 0 fully saturated rings. The second-order valence-electron chi connectivity index (χ2n) is 8.23. The molecule has 35 heavy (non-hydrogen) atoms. The third-order valence-corrected chi connectivity index (χ3v) is 7.84. The zero-order valence-corrected chi connectivity index (χ0v) is 22.1. The third-order valence-electron chi connectivity index (χ3n) is 5.63. The number of benzene rings is 3. The fourth-order valence-corrected chi connectivity index (χ4v) is 5.38. The summed E-state index contributed by atoms with van der Waals surface area (Å²) < 4.78 is 34.7. The van der Waals surface area contributed by atoms with Gasteiger partial charge in [-0.3, -0.25) is 4.79 Å². The standard InChI is InChI=1S/C27H32N2O4S2/c1-5-33-26-16-15-24(17-19(26)2)35(31,32)29-25(18-21-9-7-6-8-10-21)27(30)28-20(3)22-11-13-23(34-4)14-12-22/h6-17,20,25,29H,5,18H2,1-4H3,(H,28,30). The third kappa shape index (κ3) is 7.34. The lowest BCUT2D eigenvalue weighted by molar-refractivity contribution is -0.123. The Hall–Kier alpha value is -2.81. The Morgan fingerprint density at radius 1 is 1.03 bits per heavy atom. The number of hydrogen-bond acceptors (Lipinski definition) is 5. The highest BCUT2D eigenvalue weighted by atomic mass is 32.2. The SMILES string of the molecule is CCOc1ccc(S(=O)(=O)NC(Cc2ccccc2)C(=O)NC(C)c2ccc(SC)cc2)cc1C. The fraction of sp³-hybridized carbons (Fsp3) is 0.296. The van der Waals surface area contributed by atoms with Crippen LogP contribution in [0.4, 0.5) is 0 Å². The van der Waals surface area contributed by atoms with Crippen LogP contribution in [0.3, 0.4) is 0 Å². The van der Waals surface area contributed by atoms with Crippen LogP contribution >= 0.6 is 11.8 Å². The molecule has 2 N–H and O–H groups in total. The molecule has 0 aliphatic heterocycles. The van der Waals surface area contributed by atoms with Crippen LogP contribution in [0.5, 0.6) is 5.75 Å². The maximum atomic E-state index is 13.3. The molecule has 3 rings (SSSR count). The zero-order chi connectivity index (χ0) is 25.4. The molecule has 0 radical (unpaired) electrons. The molecule has 0 aromatic heterocycles. The van der Waals surface area contributed by atoms with E-state index >= 15 is 0 Å². The number of thioether (sulfide) groups is 1. The van der Waals surface area contributed by atoms with Crippen molar-refractivity contribution in [1.29, 1.82) is 0 Å². The van der Waals surface area contributed by atoms with Crippen LogP contribution in [0.25, 0.3) is 0 Å². The van der Waals surface area contributed by atoms with Crippen LogP contribution < -0.4 is 14.8 Å². The Kier molecular flexibility index (Phi) is 9.37. The largest absolute Gasteiger partial charge is 0.494 e. The van der Waals surface area contributed by atoms with Crippen LogP contribution in [0.1, 0.15) is 36.6 Å². The minimum Gasteiger partial charge on any atom is -0.494 e.